The van der Waals surface area contributed by atoms with Crippen LogP contribution < -0.4 is 15.4 Å². The largest absolute Gasteiger partial charge is 0.507 e. The number of rotatable bonds is 7. The third-order valence-electron chi connectivity index (χ3n) is 5.59. The standard InChI is InChI=1S/C25H28N4O4/c1-15(2)24(31)27-18-8-11-20(23(30)12-18)21-13-22(17-6-7-17)29(28-21)25(32)26-14-16-4-9-19(33-3)10-5-16/h4-5,8-13,15,17,30H,6-7,14H2,1-3H3,(H,26,32)(H,27,31). The number of methoxy groups -OCH3 is 1. The molecular formula is C25H28N4O4. The van der Waals surface area contributed by atoms with Gasteiger partial charge in [-0.3, -0.25) is 4.79 Å². The van der Waals surface area contributed by atoms with Gasteiger partial charge in [0.05, 0.1) is 18.5 Å². The van der Waals surface area contributed by atoms with E-state index in [1.807, 2.05) is 30.3 Å². The van der Waals surface area contributed by atoms with Gasteiger partial charge in [-0.05, 0) is 48.7 Å². The molecule has 0 radical (unpaired) electrons. The number of aromatic nitrogens is 2. The Hall–Kier alpha value is -3.81. The molecule has 1 heterocycles. The Balaban J connectivity index is 1.52. The lowest BCUT2D eigenvalue weighted by Gasteiger charge is -2.09. The third-order valence-corrected chi connectivity index (χ3v) is 5.59. The van der Waals surface area contributed by atoms with Gasteiger partial charge in [0, 0.05) is 35.7 Å². The molecule has 1 fully saturated rings. The van der Waals surface area contributed by atoms with Gasteiger partial charge in [0.15, 0.2) is 0 Å². The zero-order valence-electron chi connectivity index (χ0n) is 19.0. The molecule has 3 aromatic rings. The SMILES string of the molecule is COc1ccc(CNC(=O)n2nc(-c3ccc(NC(=O)C(C)C)cc3O)cc2C2CC2)cc1. The summed E-state index contributed by atoms with van der Waals surface area (Å²) in [6, 6.07) is 13.9. The number of aromatic hydroxyl groups is 1. The Labute approximate surface area is 192 Å². The second-order valence-corrected chi connectivity index (χ2v) is 8.52. The highest BCUT2D eigenvalue weighted by atomic mass is 16.5. The molecule has 1 saturated carbocycles. The van der Waals surface area contributed by atoms with E-state index in [2.05, 4.69) is 15.7 Å². The molecule has 4 rings (SSSR count). The maximum Gasteiger partial charge on any atom is 0.342 e. The molecule has 33 heavy (non-hydrogen) atoms. The highest BCUT2D eigenvalue weighted by Crippen LogP contribution is 2.42. The van der Waals surface area contributed by atoms with Crippen LogP contribution in [0.2, 0.25) is 0 Å². The number of amides is 2. The number of phenols is 1. The average molecular weight is 449 g/mol. The summed E-state index contributed by atoms with van der Waals surface area (Å²) in [5, 5.41) is 20.7. The van der Waals surface area contributed by atoms with Crippen LogP contribution in [0.15, 0.2) is 48.5 Å². The molecule has 8 nitrogen and oxygen atoms in total. The zero-order chi connectivity index (χ0) is 23.5. The van der Waals surface area contributed by atoms with Crippen LogP contribution in [0.1, 0.15) is 43.9 Å². The van der Waals surface area contributed by atoms with Gasteiger partial charge < -0.3 is 20.5 Å². The zero-order valence-corrected chi connectivity index (χ0v) is 19.0. The van der Waals surface area contributed by atoms with Crippen molar-refractivity contribution in [2.24, 2.45) is 5.92 Å². The molecule has 0 spiro atoms. The lowest BCUT2D eigenvalue weighted by molar-refractivity contribution is -0.118. The molecule has 0 atom stereocenters. The van der Waals surface area contributed by atoms with Gasteiger partial charge >= 0.3 is 6.03 Å². The second-order valence-electron chi connectivity index (χ2n) is 8.52. The minimum absolute atomic E-state index is 0.0119. The number of anilines is 1. The van der Waals surface area contributed by atoms with Gasteiger partial charge in [-0.25, -0.2) is 4.79 Å². The van der Waals surface area contributed by atoms with E-state index in [4.69, 9.17) is 4.74 Å². The van der Waals surface area contributed by atoms with E-state index in [0.717, 1.165) is 29.8 Å². The fourth-order valence-electron chi connectivity index (χ4n) is 3.47. The molecule has 172 valence electrons. The van der Waals surface area contributed by atoms with E-state index >= 15 is 0 Å². The number of carbonyl (C=O) groups excluding carboxylic acids is 2. The number of nitrogens with one attached hydrogen (secondary N) is 2. The maximum atomic E-state index is 12.9. The minimum atomic E-state index is -0.320. The van der Waals surface area contributed by atoms with Crippen molar-refractivity contribution in [3.63, 3.8) is 0 Å². The molecule has 1 aromatic heterocycles. The van der Waals surface area contributed by atoms with E-state index in [9.17, 15) is 14.7 Å². The van der Waals surface area contributed by atoms with Crippen LogP contribution in [0, 0.1) is 5.92 Å². The monoisotopic (exact) mass is 448 g/mol. The minimum Gasteiger partial charge on any atom is -0.507 e. The van der Waals surface area contributed by atoms with Crippen molar-refractivity contribution in [2.75, 3.05) is 12.4 Å². The first-order valence-corrected chi connectivity index (χ1v) is 11.0. The Kier molecular flexibility index (Phi) is 6.35. The van der Waals surface area contributed by atoms with Crippen molar-refractivity contribution in [3.05, 3.63) is 59.8 Å². The summed E-state index contributed by atoms with van der Waals surface area (Å²) < 4.78 is 6.55. The van der Waals surface area contributed by atoms with Crippen molar-refractivity contribution in [3.8, 4) is 22.8 Å². The summed E-state index contributed by atoms with van der Waals surface area (Å²) in [5.41, 5.74) is 3.29. The number of hydrogen-bond acceptors (Lipinski definition) is 5. The van der Waals surface area contributed by atoms with Crippen LogP contribution in [0.5, 0.6) is 11.5 Å². The molecule has 2 amide bonds. The summed E-state index contributed by atoms with van der Waals surface area (Å²) >= 11 is 0. The van der Waals surface area contributed by atoms with Crippen LogP contribution >= 0.6 is 0 Å². The Morgan fingerprint density at radius 1 is 1.15 bits per heavy atom. The van der Waals surface area contributed by atoms with Gasteiger partial charge in [-0.2, -0.15) is 9.78 Å². The van der Waals surface area contributed by atoms with E-state index in [1.54, 1.807) is 33.1 Å². The number of nitrogens with zero attached hydrogens (tertiary/aromatic N) is 2. The normalized spacial score (nSPS) is 13.1. The lowest BCUT2D eigenvalue weighted by atomic mass is 10.1. The van der Waals surface area contributed by atoms with Crippen LogP contribution in [0.3, 0.4) is 0 Å². The summed E-state index contributed by atoms with van der Waals surface area (Å²) in [6.07, 6.45) is 2.01. The predicted molar refractivity (Wildman–Crippen MR) is 125 cm³/mol. The van der Waals surface area contributed by atoms with Crippen LogP contribution in [0.25, 0.3) is 11.3 Å². The van der Waals surface area contributed by atoms with Crippen molar-refractivity contribution >= 4 is 17.6 Å². The molecule has 0 bridgehead atoms. The highest BCUT2D eigenvalue weighted by Gasteiger charge is 2.30. The number of carbonyl (C=O) groups is 2. The van der Waals surface area contributed by atoms with E-state index < -0.39 is 0 Å². The second kappa shape index (κ2) is 9.36. The van der Waals surface area contributed by atoms with E-state index in [1.165, 1.54) is 10.7 Å². The maximum absolute atomic E-state index is 12.9. The summed E-state index contributed by atoms with van der Waals surface area (Å²) in [7, 11) is 1.61. The van der Waals surface area contributed by atoms with Crippen molar-refractivity contribution in [1.29, 1.82) is 0 Å². The molecule has 3 N–H and O–H groups in total. The smallest absolute Gasteiger partial charge is 0.342 e. The third kappa shape index (κ3) is 5.16. The van der Waals surface area contributed by atoms with Gasteiger partial charge in [-0.1, -0.05) is 26.0 Å². The lowest BCUT2D eigenvalue weighted by Crippen LogP contribution is -2.30. The summed E-state index contributed by atoms with van der Waals surface area (Å²) in [4.78, 5) is 24.8. The molecule has 0 saturated heterocycles. The first-order chi connectivity index (χ1) is 15.9. The van der Waals surface area contributed by atoms with Gasteiger partial charge in [0.2, 0.25) is 5.91 Å². The van der Waals surface area contributed by atoms with Crippen molar-refractivity contribution in [2.45, 2.75) is 39.2 Å². The Bertz CT molecular complexity index is 1160. The van der Waals surface area contributed by atoms with Gasteiger partial charge in [0.1, 0.15) is 11.5 Å². The van der Waals surface area contributed by atoms with Crippen molar-refractivity contribution < 1.29 is 19.4 Å². The summed E-state index contributed by atoms with van der Waals surface area (Å²) in [5.74, 6) is 0.732. The van der Waals surface area contributed by atoms with Gasteiger partial charge in [-0.15, -0.1) is 0 Å². The number of phenolic OH excluding ortho intramolecular Hbond substituents is 1. The predicted octanol–water partition coefficient (Wildman–Crippen LogP) is 4.49. The first kappa shape index (κ1) is 22.4. The fraction of sp³-hybridized carbons (Fsp3) is 0.320. The number of benzene rings is 2. The molecule has 0 unspecified atom stereocenters. The molecule has 2 aromatic carbocycles. The molecule has 0 aliphatic heterocycles. The average Bonchev–Trinajstić information content (AvgIpc) is 3.56. The van der Waals surface area contributed by atoms with Gasteiger partial charge in [0.25, 0.3) is 0 Å². The Morgan fingerprint density at radius 3 is 2.48 bits per heavy atom. The molecule has 1 aliphatic carbocycles. The highest BCUT2D eigenvalue weighted by molar-refractivity contribution is 5.92. The molecular weight excluding hydrogens is 420 g/mol. The Morgan fingerprint density at radius 2 is 1.88 bits per heavy atom. The topological polar surface area (TPSA) is 105 Å². The molecule has 8 heteroatoms. The van der Waals surface area contributed by atoms with E-state index in [0.29, 0.717) is 23.5 Å². The molecule has 1 aliphatic rings. The van der Waals surface area contributed by atoms with Crippen LogP contribution in [-0.2, 0) is 11.3 Å². The van der Waals surface area contributed by atoms with E-state index in [-0.39, 0.29) is 29.5 Å². The number of ether oxygens (including phenoxy) is 1. The quantitative estimate of drug-likeness (QED) is 0.494. The van der Waals surface area contributed by atoms with Crippen molar-refractivity contribution in [1.82, 2.24) is 15.1 Å². The fourth-order valence-corrected chi connectivity index (χ4v) is 3.47. The van der Waals surface area contributed by atoms with Crippen LogP contribution in [-0.4, -0.2) is 33.9 Å². The first-order valence-electron chi connectivity index (χ1n) is 11.0. The van der Waals surface area contributed by atoms with Crippen LogP contribution in [0.4, 0.5) is 10.5 Å². The summed E-state index contributed by atoms with van der Waals surface area (Å²) in [6.45, 7) is 3.96. The number of hydrogen-bond donors (Lipinski definition) is 3.